The summed E-state index contributed by atoms with van der Waals surface area (Å²) in [4.78, 5) is 21.1. The van der Waals surface area contributed by atoms with E-state index < -0.39 is 22.7 Å². The molecule has 0 aliphatic heterocycles. The Balaban J connectivity index is 2.79. The van der Waals surface area contributed by atoms with Crippen molar-refractivity contribution in [3.05, 3.63) is 32.5 Å². The van der Waals surface area contributed by atoms with Gasteiger partial charge in [0.05, 0.1) is 22.0 Å². The Labute approximate surface area is 122 Å². The number of ether oxygens (including phenoxy) is 1. The summed E-state index contributed by atoms with van der Waals surface area (Å²) in [7, 11) is 1.55. The monoisotopic (exact) mass is 349 g/mol. The normalized spacial score (nSPS) is 11.9. The third kappa shape index (κ3) is 4.14. The van der Waals surface area contributed by atoms with Crippen LogP contribution in [-0.2, 0) is 4.79 Å². The zero-order valence-electron chi connectivity index (χ0n) is 10.6. The van der Waals surface area contributed by atoms with Gasteiger partial charge in [0.1, 0.15) is 5.82 Å². The molecule has 0 aromatic heterocycles. The Morgan fingerprint density at radius 1 is 1.65 bits per heavy atom. The van der Waals surface area contributed by atoms with Crippen molar-refractivity contribution in [3.8, 4) is 5.75 Å². The van der Waals surface area contributed by atoms with E-state index in [0.717, 1.165) is 12.1 Å². The number of primary amides is 1. The second kappa shape index (κ2) is 7.15. The molecular formula is C11H13BrFN3O4. The highest BCUT2D eigenvalue weighted by Gasteiger charge is 2.20. The summed E-state index contributed by atoms with van der Waals surface area (Å²) in [6.07, 6.45) is 0.209. The number of likely N-dealkylation sites (N-methyl/N-ethyl adjacent to an activating group) is 1. The number of benzene rings is 1. The Hall–Kier alpha value is -1.74. The molecule has 1 aromatic rings. The van der Waals surface area contributed by atoms with Gasteiger partial charge in [-0.25, -0.2) is 4.39 Å². The third-order valence-corrected chi connectivity index (χ3v) is 3.16. The molecule has 0 spiro atoms. The molecule has 1 aromatic carbocycles. The van der Waals surface area contributed by atoms with E-state index in [1.54, 1.807) is 7.05 Å². The van der Waals surface area contributed by atoms with Gasteiger partial charge in [0.2, 0.25) is 5.91 Å². The molecular weight excluding hydrogens is 337 g/mol. The number of nitro groups is 1. The average molecular weight is 350 g/mol. The first-order valence-electron chi connectivity index (χ1n) is 5.59. The molecule has 0 bridgehead atoms. The van der Waals surface area contributed by atoms with E-state index >= 15 is 0 Å². The first-order valence-corrected chi connectivity index (χ1v) is 6.39. The quantitative estimate of drug-likeness (QED) is 0.570. The van der Waals surface area contributed by atoms with Crippen molar-refractivity contribution in [1.29, 1.82) is 0 Å². The summed E-state index contributed by atoms with van der Waals surface area (Å²) in [5.41, 5.74) is 4.75. The number of rotatable bonds is 7. The molecule has 110 valence electrons. The Kier molecular flexibility index (Phi) is 5.83. The van der Waals surface area contributed by atoms with Crippen LogP contribution in [0, 0.1) is 15.9 Å². The summed E-state index contributed by atoms with van der Waals surface area (Å²) < 4.78 is 18.5. The fraction of sp³-hybridized carbons (Fsp3) is 0.364. The van der Waals surface area contributed by atoms with Crippen molar-refractivity contribution in [2.24, 2.45) is 5.73 Å². The lowest BCUT2D eigenvalue weighted by Crippen LogP contribution is -2.40. The standard InChI is InChI=1S/C11H13BrFN3O4/c1-15-8(11(14)17)2-3-20-10-5-7(13)6(12)4-9(10)16(18)19/h4-5,8,15H,2-3H2,1H3,(H2,14,17). The van der Waals surface area contributed by atoms with Gasteiger partial charge in [-0.15, -0.1) is 0 Å². The van der Waals surface area contributed by atoms with E-state index in [4.69, 9.17) is 10.5 Å². The molecule has 3 N–H and O–H groups in total. The topological polar surface area (TPSA) is 107 Å². The predicted octanol–water partition coefficient (Wildman–Crippen LogP) is 1.34. The molecule has 0 radical (unpaired) electrons. The average Bonchev–Trinajstić information content (AvgIpc) is 2.37. The molecule has 9 heteroatoms. The molecule has 20 heavy (non-hydrogen) atoms. The fourth-order valence-corrected chi connectivity index (χ4v) is 1.82. The summed E-state index contributed by atoms with van der Waals surface area (Å²) in [5, 5.41) is 13.5. The highest BCUT2D eigenvalue weighted by atomic mass is 79.9. The summed E-state index contributed by atoms with van der Waals surface area (Å²) >= 11 is 2.86. The number of nitro benzene ring substituents is 1. The van der Waals surface area contributed by atoms with Crippen molar-refractivity contribution in [2.75, 3.05) is 13.7 Å². The molecule has 1 unspecified atom stereocenters. The van der Waals surface area contributed by atoms with Crippen LogP contribution in [0.4, 0.5) is 10.1 Å². The van der Waals surface area contributed by atoms with Gasteiger partial charge in [0.25, 0.3) is 0 Å². The molecule has 0 saturated heterocycles. The van der Waals surface area contributed by atoms with E-state index in [0.29, 0.717) is 0 Å². The van der Waals surface area contributed by atoms with Crippen molar-refractivity contribution in [1.82, 2.24) is 5.32 Å². The van der Waals surface area contributed by atoms with Crippen LogP contribution in [0.5, 0.6) is 5.75 Å². The van der Waals surface area contributed by atoms with Crippen LogP contribution in [0.2, 0.25) is 0 Å². The molecule has 7 nitrogen and oxygen atoms in total. The highest BCUT2D eigenvalue weighted by molar-refractivity contribution is 9.10. The molecule has 0 saturated carbocycles. The summed E-state index contributed by atoms with van der Waals surface area (Å²) in [6, 6.07) is 1.32. The Bertz CT molecular complexity index is 527. The van der Waals surface area contributed by atoms with Gasteiger partial charge in [0.15, 0.2) is 5.75 Å². The highest BCUT2D eigenvalue weighted by Crippen LogP contribution is 2.32. The number of amides is 1. The van der Waals surface area contributed by atoms with Crippen molar-refractivity contribution in [3.63, 3.8) is 0 Å². The molecule has 1 amide bonds. The van der Waals surface area contributed by atoms with E-state index in [2.05, 4.69) is 21.2 Å². The van der Waals surface area contributed by atoms with Crippen LogP contribution in [0.25, 0.3) is 0 Å². The second-order valence-electron chi connectivity index (χ2n) is 3.87. The van der Waals surface area contributed by atoms with Crippen LogP contribution >= 0.6 is 15.9 Å². The fourth-order valence-electron chi connectivity index (χ4n) is 1.49. The SMILES string of the molecule is CNC(CCOc1cc(F)c(Br)cc1[N+](=O)[O-])C(N)=O. The maximum absolute atomic E-state index is 13.4. The van der Waals surface area contributed by atoms with Crippen LogP contribution in [0.15, 0.2) is 16.6 Å². The second-order valence-corrected chi connectivity index (χ2v) is 4.73. The summed E-state index contributed by atoms with van der Waals surface area (Å²) in [6.45, 7) is -0.0175. The predicted molar refractivity (Wildman–Crippen MR) is 72.9 cm³/mol. The number of nitrogens with zero attached hydrogens (tertiary/aromatic N) is 1. The maximum Gasteiger partial charge on any atom is 0.312 e. The zero-order valence-corrected chi connectivity index (χ0v) is 12.1. The molecule has 0 aliphatic rings. The minimum absolute atomic E-state index is 0.0175. The van der Waals surface area contributed by atoms with E-state index in [1.807, 2.05) is 0 Å². The number of carbonyl (C=O) groups is 1. The van der Waals surface area contributed by atoms with Crippen molar-refractivity contribution in [2.45, 2.75) is 12.5 Å². The lowest BCUT2D eigenvalue weighted by molar-refractivity contribution is -0.386. The van der Waals surface area contributed by atoms with Gasteiger partial charge in [-0.3, -0.25) is 14.9 Å². The first kappa shape index (κ1) is 16.3. The Morgan fingerprint density at radius 3 is 2.80 bits per heavy atom. The number of hydrogen-bond donors (Lipinski definition) is 2. The van der Waals surface area contributed by atoms with Gasteiger partial charge in [-0.1, -0.05) is 0 Å². The van der Waals surface area contributed by atoms with Crippen LogP contribution < -0.4 is 15.8 Å². The van der Waals surface area contributed by atoms with Crippen molar-refractivity contribution < 1.29 is 18.8 Å². The molecule has 0 fully saturated rings. The largest absolute Gasteiger partial charge is 0.487 e. The number of carbonyl (C=O) groups excluding carboxylic acids is 1. The van der Waals surface area contributed by atoms with Crippen LogP contribution in [0.1, 0.15) is 6.42 Å². The first-order chi connectivity index (χ1) is 9.36. The van der Waals surface area contributed by atoms with Crippen LogP contribution in [0.3, 0.4) is 0 Å². The molecule has 0 heterocycles. The van der Waals surface area contributed by atoms with Crippen molar-refractivity contribution >= 4 is 27.5 Å². The van der Waals surface area contributed by atoms with Gasteiger partial charge in [0, 0.05) is 18.6 Å². The van der Waals surface area contributed by atoms with E-state index in [9.17, 15) is 19.3 Å². The van der Waals surface area contributed by atoms with Gasteiger partial charge < -0.3 is 15.8 Å². The van der Waals surface area contributed by atoms with Gasteiger partial charge >= 0.3 is 5.69 Å². The molecule has 0 aliphatic carbocycles. The smallest absolute Gasteiger partial charge is 0.312 e. The lowest BCUT2D eigenvalue weighted by atomic mass is 10.2. The van der Waals surface area contributed by atoms with E-state index in [1.165, 1.54) is 0 Å². The van der Waals surface area contributed by atoms with Crippen LogP contribution in [-0.4, -0.2) is 30.5 Å². The number of nitrogens with one attached hydrogen (secondary N) is 1. The number of halogens is 2. The number of hydrogen-bond acceptors (Lipinski definition) is 5. The minimum Gasteiger partial charge on any atom is -0.487 e. The Morgan fingerprint density at radius 2 is 2.30 bits per heavy atom. The van der Waals surface area contributed by atoms with E-state index in [-0.39, 0.29) is 28.9 Å². The lowest BCUT2D eigenvalue weighted by Gasteiger charge is -2.13. The van der Waals surface area contributed by atoms with Gasteiger partial charge in [-0.05, 0) is 23.0 Å². The summed E-state index contributed by atoms with van der Waals surface area (Å²) in [5.74, 6) is -1.44. The van der Waals surface area contributed by atoms with Gasteiger partial charge in [-0.2, -0.15) is 0 Å². The molecule has 1 atom stereocenters. The third-order valence-electron chi connectivity index (χ3n) is 2.55. The zero-order chi connectivity index (χ0) is 15.3. The molecule has 1 rings (SSSR count). The number of nitrogens with two attached hydrogens (primary N) is 1. The minimum atomic E-state index is -0.677. The maximum atomic E-state index is 13.4.